The quantitative estimate of drug-likeness (QED) is 0.910. The Morgan fingerprint density at radius 1 is 1.53 bits per heavy atom. The number of hydrogen-bond acceptors (Lipinski definition) is 4. The van der Waals surface area contributed by atoms with Crippen molar-refractivity contribution >= 4 is 23.4 Å². The van der Waals surface area contributed by atoms with Gasteiger partial charge in [-0.05, 0) is 18.4 Å². The maximum absolute atomic E-state index is 11.8. The molecule has 19 heavy (non-hydrogen) atoms. The van der Waals surface area contributed by atoms with Crippen LogP contribution in [-0.4, -0.2) is 32.2 Å². The predicted octanol–water partition coefficient (Wildman–Crippen LogP) is 2.35. The van der Waals surface area contributed by atoms with Crippen LogP contribution in [0.4, 0.5) is 5.69 Å². The highest BCUT2D eigenvalue weighted by molar-refractivity contribution is 7.99. The summed E-state index contributed by atoms with van der Waals surface area (Å²) >= 11 is 1.68. The summed E-state index contributed by atoms with van der Waals surface area (Å²) in [5.74, 6) is 0.00702. The smallest absolute Gasteiger partial charge is 0.225 e. The molecule has 0 aliphatic heterocycles. The number of nitrogens with one attached hydrogen (secondary N) is 1. The summed E-state index contributed by atoms with van der Waals surface area (Å²) in [6, 6.07) is 3.75. The van der Waals surface area contributed by atoms with Crippen molar-refractivity contribution in [3.05, 3.63) is 36.9 Å². The van der Waals surface area contributed by atoms with E-state index >= 15 is 0 Å². The second-order valence-electron chi connectivity index (χ2n) is 4.18. The molecule has 0 aromatic carbocycles. The average Bonchev–Trinajstić information content (AvgIpc) is 2.88. The number of aromatic nitrogens is 3. The van der Waals surface area contributed by atoms with E-state index in [-0.39, 0.29) is 5.91 Å². The Morgan fingerprint density at radius 2 is 2.37 bits per heavy atom. The van der Waals surface area contributed by atoms with E-state index in [4.69, 9.17) is 0 Å². The van der Waals surface area contributed by atoms with E-state index in [0.717, 1.165) is 5.69 Å². The number of anilines is 1. The summed E-state index contributed by atoms with van der Waals surface area (Å²) in [7, 11) is 0. The highest BCUT2D eigenvalue weighted by Crippen LogP contribution is 2.13. The lowest BCUT2D eigenvalue weighted by molar-refractivity contribution is -0.116. The third kappa shape index (κ3) is 3.82. The molecule has 0 saturated heterocycles. The molecule has 1 amide bonds. The van der Waals surface area contributed by atoms with Crippen LogP contribution in [0.1, 0.15) is 13.3 Å². The fraction of sp³-hybridized carbons (Fsp3) is 0.308. The van der Waals surface area contributed by atoms with Gasteiger partial charge in [0.15, 0.2) is 0 Å². The topological polar surface area (TPSA) is 59.8 Å². The van der Waals surface area contributed by atoms with Crippen LogP contribution in [0, 0.1) is 0 Å². The van der Waals surface area contributed by atoms with Crippen molar-refractivity contribution in [2.45, 2.75) is 18.6 Å². The van der Waals surface area contributed by atoms with Gasteiger partial charge < -0.3 is 5.32 Å². The van der Waals surface area contributed by atoms with E-state index in [1.807, 2.05) is 25.3 Å². The Kier molecular flexibility index (Phi) is 4.57. The Balaban J connectivity index is 2.00. The number of carbonyl (C=O) groups excluding carboxylic acids is 1. The molecule has 0 saturated carbocycles. The second kappa shape index (κ2) is 6.38. The molecular formula is C13H16N4OS. The van der Waals surface area contributed by atoms with Crippen molar-refractivity contribution in [3.8, 4) is 5.69 Å². The molecule has 2 heterocycles. The second-order valence-corrected chi connectivity index (χ2v) is 5.46. The van der Waals surface area contributed by atoms with E-state index in [9.17, 15) is 4.79 Å². The largest absolute Gasteiger partial charge is 0.323 e. The van der Waals surface area contributed by atoms with Gasteiger partial charge in [0.1, 0.15) is 0 Å². The first kappa shape index (κ1) is 13.6. The molecule has 1 unspecified atom stereocenters. The van der Waals surface area contributed by atoms with Gasteiger partial charge in [0.25, 0.3) is 0 Å². The molecule has 1 N–H and O–H groups in total. The van der Waals surface area contributed by atoms with Gasteiger partial charge >= 0.3 is 0 Å². The zero-order valence-electron chi connectivity index (χ0n) is 10.9. The number of hydrogen-bond donors (Lipinski definition) is 1. The monoisotopic (exact) mass is 276 g/mol. The van der Waals surface area contributed by atoms with Crippen molar-refractivity contribution in [2.24, 2.45) is 0 Å². The first-order valence-electron chi connectivity index (χ1n) is 5.96. The van der Waals surface area contributed by atoms with Crippen LogP contribution in [0.15, 0.2) is 36.9 Å². The normalized spacial score (nSPS) is 12.1. The molecule has 100 valence electrons. The van der Waals surface area contributed by atoms with Gasteiger partial charge in [-0.2, -0.15) is 16.9 Å². The van der Waals surface area contributed by atoms with Crippen molar-refractivity contribution in [2.75, 3.05) is 11.6 Å². The number of carbonyl (C=O) groups is 1. The molecule has 6 heteroatoms. The molecule has 2 rings (SSSR count). The van der Waals surface area contributed by atoms with Gasteiger partial charge in [-0.1, -0.05) is 6.92 Å². The number of amides is 1. The molecule has 0 aliphatic rings. The third-order valence-electron chi connectivity index (χ3n) is 2.65. The van der Waals surface area contributed by atoms with E-state index in [0.29, 0.717) is 17.4 Å². The third-order valence-corrected chi connectivity index (χ3v) is 3.62. The minimum absolute atomic E-state index is 0.00702. The minimum atomic E-state index is 0.00702. The van der Waals surface area contributed by atoms with Gasteiger partial charge in [0.05, 0.1) is 30.0 Å². The Bertz CT molecular complexity index is 541. The molecule has 2 aromatic heterocycles. The van der Waals surface area contributed by atoms with Crippen LogP contribution in [0.5, 0.6) is 0 Å². The molecule has 0 spiro atoms. The van der Waals surface area contributed by atoms with Crippen molar-refractivity contribution < 1.29 is 4.79 Å². The first-order valence-corrected chi connectivity index (χ1v) is 7.25. The Hall–Kier alpha value is -1.82. The van der Waals surface area contributed by atoms with Crippen molar-refractivity contribution in [3.63, 3.8) is 0 Å². The maximum Gasteiger partial charge on any atom is 0.225 e. The molecule has 2 aromatic rings. The van der Waals surface area contributed by atoms with Crippen LogP contribution < -0.4 is 5.32 Å². The van der Waals surface area contributed by atoms with E-state index < -0.39 is 0 Å². The Labute approximate surface area is 116 Å². The van der Waals surface area contributed by atoms with Gasteiger partial charge in [0.2, 0.25) is 5.91 Å². The SMILES string of the molecule is CSC(C)CC(=O)Nc1cnn(-c2cccnc2)c1. The van der Waals surface area contributed by atoms with Gasteiger partial charge in [-0.15, -0.1) is 0 Å². The van der Waals surface area contributed by atoms with E-state index in [2.05, 4.69) is 15.4 Å². The summed E-state index contributed by atoms with van der Waals surface area (Å²) in [5.41, 5.74) is 1.56. The lowest BCUT2D eigenvalue weighted by atomic mass is 10.3. The summed E-state index contributed by atoms with van der Waals surface area (Å²) in [6.07, 6.45) is 9.33. The summed E-state index contributed by atoms with van der Waals surface area (Å²) in [5, 5.41) is 7.35. The van der Waals surface area contributed by atoms with Crippen LogP contribution in [0.2, 0.25) is 0 Å². The lowest BCUT2D eigenvalue weighted by Gasteiger charge is -2.07. The fourth-order valence-corrected chi connectivity index (χ4v) is 1.89. The molecule has 0 fully saturated rings. The fourth-order valence-electron chi connectivity index (χ4n) is 1.57. The van der Waals surface area contributed by atoms with Crippen LogP contribution in [-0.2, 0) is 4.79 Å². The van der Waals surface area contributed by atoms with Crippen LogP contribution in [0.3, 0.4) is 0 Å². The first-order chi connectivity index (χ1) is 9.19. The van der Waals surface area contributed by atoms with Crippen LogP contribution in [0.25, 0.3) is 5.69 Å². The highest BCUT2D eigenvalue weighted by atomic mass is 32.2. The molecule has 5 nitrogen and oxygen atoms in total. The van der Waals surface area contributed by atoms with Gasteiger partial charge in [-0.3, -0.25) is 9.78 Å². The van der Waals surface area contributed by atoms with Crippen molar-refractivity contribution in [1.82, 2.24) is 14.8 Å². The molecule has 0 aliphatic carbocycles. The molecule has 1 atom stereocenters. The minimum Gasteiger partial charge on any atom is -0.323 e. The summed E-state index contributed by atoms with van der Waals surface area (Å²) in [4.78, 5) is 15.8. The van der Waals surface area contributed by atoms with Crippen LogP contribution >= 0.6 is 11.8 Å². The number of rotatable bonds is 5. The highest BCUT2D eigenvalue weighted by Gasteiger charge is 2.09. The predicted molar refractivity (Wildman–Crippen MR) is 77.6 cm³/mol. The van der Waals surface area contributed by atoms with E-state index in [1.165, 1.54) is 0 Å². The van der Waals surface area contributed by atoms with Gasteiger partial charge in [0, 0.05) is 17.9 Å². The Morgan fingerprint density at radius 3 is 3.05 bits per heavy atom. The average molecular weight is 276 g/mol. The molecule has 0 bridgehead atoms. The lowest BCUT2D eigenvalue weighted by Crippen LogP contribution is -2.15. The number of thioether (sulfide) groups is 1. The number of pyridine rings is 1. The summed E-state index contributed by atoms with van der Waals surface area (Å²) < 4.78 is 1.68. The zero-order valence-corrected chi connectivity index (χ0v) is 11.7. The van der Waals surface area contributed by atoms with E-state index in [1.54, 1.807) is 41.2 Å². The van der Waals surface area contributed by atoms with Crippen molar-refractivity contribution in [1.29, 1.82) is 0 Å². The van der Waals surface area contributed by atoms with Gasteiger partial charge in [-0.25, -0.2) is 4.68 Å². The summed E-state index contributed by atoms with van der Waals surface area (Å²) in [6.45, 7) is 2.03. The molecular weight excluding hydrogens is 260 g/mol. The number of nitrogens with zero attached hydrogens (tertiary/aromatic N) is 3. The molecule has 0 radical (unpaired) electrons. The maximum atomic E-state index is 11.8. The zero-order chi connectivity index (χ0) is 13.7. The standard InChI is InChI=1S/C13H16N4OS/c1-10(19-2)6-13(18)16-11-7-15-17(9-11)12-4-3-5-14-8-12/h3-5,7-10H,6H2,1-2H3,(H,16,18).